The van der Waals surface area contributed by atoms with E-state index in [0.29, 0.717) is 10.6 Å². The Hall–Kier alpha value is -2.11. The van der Waals surface area contributed by atoms with Gasteiger partial charge >= 0.3 is 0 Å². The van der Waals surface area contributed by atoms with Crippen LogP contribution in [0.3, 0.4) is 0 Å². The summed E-state index contributed by atoms with van der Waals surface area (Å²) < 4.78 is 0. The van der Waals surface area contributed by atoms with Gasteiger partial charge in [-0.15, -0.1) is 0 Å². The van der Waals surface area contributed by atoms with Crippen LogP contribution in [0.5, 0.6) is 0 Å². The molecule has 2 nitrogen and oxygen atoms in total. The SMILES string of the molecule is Cc1ccc(Cl)cc1C(=O)C(C#N)c1ccccc1C. The highest BCUT2D eigenvalue weighted by atomic mass is 35.5. The van der Waals surface area contributed by atoms with Gasteiger partial charge in [-0.25, -0.2) is 0 Å². The Bertz CT molecular complexity index is 700. The molecule has 2 aromatic carbocycles. The largest absolute Gasteiger partial charge is 0.292 e. The highest BCUT2D eigenvalue weighted by Crippen LogP contribution is 2.26. The number of hydrogen-bond donors (Lipinski definition) is 0. The van der Waals surface area contributed by atoms with E-state index in [-0.39, 0.29) is 5.78 Å². The van der Waals surface area contributed by atoms with E-state index in [1.165, 1.54) is 0 Å². The van der Waals surface area contributed by atoms with Gasteiger partial charge in [0.05, 0.1) is 6.07 Å². The van der Waals surface area contributed by atoms with Crippen molar-refractivity contribution in [3.8, 4) is 6.07 Å². The van der Waals surface area contributed by atoms with Crippen molar-refractivity contribution in [2.24, 2.45) is 0 Å². The lowest BCUT2D eigenvalue weighted by Gasteiger charge is -2.13. The molecule has 1 unspecified atom stereocenters. The second-order valence-corrected chi connectivity index (χ2v) is 5.18. The minimum atomic E-state index is -0.798. The van der Waals surface area contributed by atoms with Gasteiger partial charge in [0.15, 0.2) is 5.78 Å². The predicted molar refractivity (Wildman–Crippen MR) is 80.1 cm³/mol. The third-order valence-corrected chi connectivity index (χ3v) is 3.59. The van der Waals surface area contributed by atoms with E-state index in [0.717, 1.165) is 16.7 Å². The second kappa shape index (κ2) is 5.90. The maximum absolute atomic E-state index is 12.6. The number of nitriles is 1. The van der Waals surface area contributed by atoms with Crippen LogP contribution in [0.15, 0.2) is 42.5 Å². The van der Waals surface area contributed by atoms with Crippen molar-refractivity contribution >= 4 is 17.4 Å². The molecule has 0 saturated carbocycles. The molecule has 0 radical (unpaired) electrons. The molecular weight excluding hydrogens is 270 g/mol. The fourth-order valence-electron chi connectivity index (χ4n) is 2.20. The van der Waals surface area contributed by atoms with E-state index in [1.54, 1.807) is 18.2 Å². The Balaban J connectivity index is 2.48. The van der Waals surface area contributed by atoms with Crippen LogP contribution in [-0.2, 0) is 0 Å². The highest BCUT2D eigenvalue weighted by molar-refractivity contribution is 6.31. The van der Waals surface area contributed by atoms with Gasteiger partial charge in [0.25, 0.3) is 0 Å². The van der Waals surface area contributed by atoms with Gasteiger partial charge in [-0.1, -0.05) is 41.9 Å². The van der Waals surface area contributed by atoms with Gasteiger partial charge in [-0.2, -0.15) is 5.26 Å². The van der Waals surface area contributed by atoms with Crippen LogP contribution in [0.2, 0.25) is 5.02 Å². The van der Waals surface area contributed by atoms with Crippen molar-refractivity contribution in [3.63, 3.8) is 0 Å². The summed E-state index contributed by atoms with van der Waals surface area (Å²) >= 11 is 5.95. The fraction of sp³-hybridized carbons (Fsp3) is 0.176. The Morgan fingerprint density at radius 1 is 1.15 bits per heavy atom. The van der Waals surface area contributed by atoms with Gasteiger partial charge < -0.3 is 0 Å². The lowest BCUT2D eigenvalue weighted by molar-refractivity contribution is 0.0978. The molecule has 0 saturated heterocycles. The zero-order valence-electron chi connectivity index (χ0n) is 11.4. The minimum absolute atomic E-state index is 0.207. The number of carbonyl (C=O) groups excluding carboxylic acids is 1. The van der Waals surface area contributed by atoms with E-state index in [2.05, 4.69) is 6.07 Å². The van der Waals surface area contributed by atoms with Gasteiger partial charge in [0, 0.05) is 10.6 Å². The molecule has 100 valence electrons. The van der Waals surface area contributed by atoms with Gasteiger partial charge in [-0.3, -0.25) is 4.79 Å². The Morgan fingerprint density at radius 2 is 1.85 bits per heavy atom. The normalized spacial score (nSPS) is 11.7. The Kier molecular flexibility index (Phi) is 4.22. The van der Waals surface area contributed by atoms with Crippen LogP contribution in [-0.4, -0.2) is 5.78 Å². The van der Waals surface area contributed by atoms with Crippen molar-refractivity contribution in [1.82, 2.24) is 0 Å². The number of halogens is 1. The van der Waals surface area contributed by atoms with E-state index < -0.39 is 5.92 Å². The second-order valence-electron chi connectivity index (χ2n) is 4.74. The molecule has 0 aromatic heterocycles. The van der Waals surface area contributed by atoms with Crippen molar-refractivity contribution in [1.29, 1.82) is 5.26 Å². The van der Waals surface area contributed by atoms with Gasteiger partial charge in [-0.05, 0) is 42.7 Å². The number of hydrogen-bond acceptors (Lipinski definition) is 2. The maximum atomic E-state index is 12.6. The first-order chi connectivity index (χ1) is 9.54. The fourth-order valence-corrected chi connectivity index (χ4v) is 2.37. The number of rotatable bonds is 3. The molecule has 3 heteroatoms. The molecule has 20 heavy (non-hydrogen) atoms. The lowest BCUT2D eigenvalue weighted by atomic mass is 9.88. The predicted octanol–water partition coefficient (Wildman–Crippen LogP) is 4.45. The van der Waals surface area contributed by atoms with Gasteiger partial charge in [0.2, 0.25) is 0 Å². The first-order valence-electron chi connectivity index (χ1n) is 6.30. The van der Waals surface area contributed by atoms with Crippen molar-refractivity contribution in [3.05, 3.63) is 69.7 Å². The Labute approximate surface area is 123 Å². The van der Waals surface area contributed by atoms with E-state index >= 15 is 0 Å². The van der Waals surface area contributed by atoms with Crippen LogP contribution in [0.1, 0.15) is 33.0 Å². The third-order valence-electron chi connectivity index (χ3n) is 3.36. The zero-order chi connectivity index (χ0) is 14.7. The van der Waals surface area contributed by atoms with Crippen molar-refractivity contribution in [2.45, 2.75) is 19.8 Å². The molecule has 0 aliphatic rings. The first kappa shape index (κ1) is 14.3. The van der Waals surface area contributed by atoms with Crippen molar-refractivity contribution in [2.75, 3.05) is 0 Å². The topological polar surface area (TPSA) is 40.9 Å². The van der Waals surface area contributed by atoms with Crippen LogP contribution in [0, 0.1) is 25.2 Å². The van der Waals surface area contributed by atoms with Crippen LogP contribution in [0.4, 0.5) is 0 Å². The number of Topliss-reactive ketones (excluding diaryl/α,β-unsaturated/α-hetero) is 1. The monoisotopic (exact) mass is 283 g/mol. The summed E-state index contributed by atoms with van der Waals surface area (Å²) in [6.45, 7) is 3.74. The molecule has 0 N–H and O–H groups in total. The van der Waals surface area contributed by atoms with E-state index in [9.17, 15) is 10.1 Å². The van der Waals surface area contributed by atoms with Crippen LogP contribution < -0.4 is 0 Å². The molecule has 0 aliphatic heterocycles. The summed E-state index contributed by atoms with van der Waals surface area (Å²) in [6.07, 6.45) is 0. The molecule has 2 rings (SSSR count). The molecule has 0 amide bonds. The lowest BCUT2D eigenvalue weighted by Crippen LogP contribution is -2.13. The van der Waals surface area contributed by atoms with Gasteiger partial charge in [0.1, 0.15) is 5.92 Å². The summed E-state index contributed by atoms with van der Waals surface area (Å²) in [6, 6.07) is 14.7. The summed E-state index contributed by atoms with van der Waals surface area (Å²) in [7, 11) is 0. The van der Waals surface area contributed by atoms with Crippen LogP contribution >= 0.6 is 11.6 Å². The Morgan fingerprint density at radius 3 is 2.50 bits per heavy atom. The smallest absolute Gasteiger partial charge is 0.184 e. The van der Waals surface area contributed by atoms with Crippen LogP contribution in [0.25, 0.3) is 0 Å². The third kappa shape index (κ3) is 2.74. The summed E-state index contributed by atoms with van der Waals surface area (Å²) in [5.74, 6) is -1.00. The van der Waals surface area contributed by atoms with Crippen molar-refractivity contribution < 1.29 is 4.79 Å². The molecule has 0 bridgehead atoms. The molecule has 0 fully saturated rings. The number of carbonyl (C=O) groups is 1. The zero-order valence-corrected chi connectivity index (χ0v) is 12.1. The number of aryl methyl sites for hydroxylation is 2. The average Bonchev–Trinajstić information content (AvgIpc) is 2.44. The number of benzene rings is 2. The molecule has 1 atom stereocenters. The molecular formula is C17H14ClNO. The molecule has 0 aliphatic carbocycles. The summed E-state index contributed by atoms with van der Waals surface area (Å²) in [5.41, 5.74) is 3.02. The highest BCUT2D eigenvalue weighted by Gasteiger charge is 2.24. The number of nitrogens with zero attached hydrogens (tertiary/aromatic N) is 1. The molecule has 0 heterocycles. The molecule has 0 spiro atoms. The first-order valence-corrected chi connectivity index (χ1v) is 6.68. The summed E-state index contributed by atoms with van der Waals surface area (Å²) in [4.78, 5) is 12.6. The molecule has 2 aromatic rings. The minimum Gasteiger partial charge on any atom is -0.292 e. The maximum Gasteiger partial charge on any atom is 0.184 e. The van der Waals surface area contributed by atoms with E-state index in [4.69, 9.17) is 11.6 Å². The van der Waals surface area contributed by atoms with E-state index in [1.807, 2.05) is 38.1 Å². The number of ketones is 1. The quantitative estimate of drug-likeness (QED) is 0.781. The standard InChI is InChI=1S/C17H14ClNO/c1-11-5-3-4-6-14(11)16(10-19)17(20)15-9-13(18)8-7-12(15)2/h3-9,16H,1-2H3. The average molecular weight is 284 g/mol. The summed E-state index contributed by atoms with van der Waals surface area (Å²) in [5, 5.41) is 9.89.